The van der Waals surface area contributed by atoms with Gasteiger partial charge in [-0.3, -0.25) is 9.69 Å². The number of likely N-dealkylation sites (tertiary alicyclic amines) is 1. The van der Waals surface area contributed by atoms with E-state index in [1.165, 1.54) is 12.1 Å². The number of thiophene rings is 1. The Kier molecular flexibility index (Phi) is 5.94. The SMILES string of the molecule is CCOC(=O)[C@H]1CCCCN1Cc1cc(F)cc2c1O[C@@H](c1ccsc1)OC2. The summed E-state index contributed by atoms with van der Waals surface area (Å²) in [5.41, 5.74) is 2.40. The third-order valence-corrected chi connectivity index (χ3v) is 5.89. The van der Waals surface area contributed by atoms with Crippen molar-refractivity contribution < 1.29 is 23.4 Å². The van der Waals surface area contributed by atoms with Crippen molar-refractivity contribution in [1.29, 1.82) is 0 Å². The second kappa shape index (κ2) is 8.59. The molecule has 5 nitrogen and oxygen atoms in total. The van der Waals surface area contributed by atoms with Crippen molar-refractivity contribution in [2.75, 3.05) is 13.2 Å². The van der Waals surface area contributed by atoms with Crippen LogP contribution in [0, 0.1) is 5.82 Å². The molecule has 2 atom stereocenters. The highest BCUT2D eigenvalue weighted by Gasteiger charge is 2.32. The van der Waals surface area contributed by atoms with Gasteiger partial charge in [-0.15, -0.1) is 0 Å². The highest BCUT2D eigenvalue weighted by Crippen LogP contribution is 2.38. The minimum absolute atomic E-state index is 0.201. The lowest BCUT2D eigenvalue weighted by Gasteiger charge is -2.35. The molecule has 4 rings (SSSR count). The molecular weight excluding hydrogens is 381 g/mol. The van der Waals surface area contributed by atoms with Crippen LogP contribution in [-0.2, 0) is 27.4 Å². The first-order valence-corrected chi connectivity index (χ1v) is 10.6. The van der Waals surface area contributed by atoms with Crippen molar-refractivity contribution >= 4 is 17.3 Å². The van der Waals surface area contributed by atoms with Gasteiger partial charge in [-0.1, -0.05) is 6.42 Å². The Morgan fingerprint density at radius 1 is 1.39 bits per heavy atom. The Bertz CT molecular complexity index is 826. The summed E-state index contributed by atoms with van der Waals surface area (Å²) in [7, 11) is 0. The van der Waals surface area contributed by atoms with Crippen molar-refractivity contribution in [2.45, 2.75) is 51.7 Å². The summed E-state index contributed by atoms with van der Waals surface area (Å²) in [6.45, 7) is 3.69. The van der Waals surface area contributed by atoms with Crippen molar-refractivity contribution in [3.8, 4) is 5.75 Å². The second-order valence-electron chi connectivity index (χ2n) is 7.10. The largest absolute Gasteiger partial charge is 0.465 e. The zero-order valence-corrected chi connectivity index (χ0v) is 16.7. The van der Waals surface area contributed by atoms with Crippen LogP contribution in [0.25, 0.3) is 0 Å². The van der Waals surface area contributed by atoms with Gasteiger partial charge in [-0.2, -0.15) is 11.3 Å². The van der Waals surface area contributed by atoms with E-state index in [1.807, 2.05) is 23.8 Å². The number of ether oxygens (including phenoxy) is 3. The molecule has 1 aromatic carbocycles. The van der Waals surface area contributed by atoms with Gasteiger partial charge >= 0.3 is 5.97 Å². The van der Waals surface area contributed by atoms with Gasteiger partial charge in [-0.05, 0) is 49.9 Å². The fourth-order valence-corrected chi connectivity index (χ4v) is 4.53. The average molecular weight is 405 g/mol. The molecule has 7 heteroatoms. The number of esters is 1. The van der Waals surface area contributed by atoms with E-state index in [0.29, 0.717) is 31.1 Å². The molecular formula is C21H24FNO4S. The van der Waals surface area contributed by atoms with Gasteiger partial charge in [0.1, 0.15) is 17.6 Å². The number of nitrogens with zero attached hydrogens (tertiary/aromatic N) is 1. The Hall–Kier alpha value is -1.96. The number of halogens is 1. The zero-order chi connectivity index (χ0) is 19.5. The zero-order valence-electron chi connectivity index (χ0n) is 15.9. The molecule has 1 aromatic heterocycles. The van der Waals surface area contributed by atoms with Crippen LogP contribution in [-0.4, -0.2) is 30.1 Å². The second-order valence-corrected chi connectivity index (χ2v) is 7.88. The van der Waals surface area contributed by atoms with E-state index in [2.05, 4.69) is 4.90 Å². The van der Waals surface area contributed by atoms with Crippen LogP contribution in [0.3, 0.4) is 0 Å². The van der Waals surface area contributed by atoms with Crippen molar-refractivity contribution in [3.63, 3.8) is 0 Å². The number of benzene rings is 1. The number of piperidine rings is 1. The minimum Gasteiger partial charge on any atom is -0.465 e. The Labute approximate surface area is 168 Å². The van der Waals surface area contributed by atoms with Gasteiger partial charge in [0.2, 0.25) is 6.29 Å². The van der Waals surface area contributed by atoms with Crippen LogP contribution in [0.2, 0.25) is 0 Å². The summed E-state index contributed by atoms with van der Waals surface area (Å²) in [6.07, 6.45) is 2.27. The van der Waals surface area contributed by atoms with Gasteiger partial charge in [0.15, 0.2) is 0 Å². The first kappa shape index (κ1) is 19.4. The molecule has 0 bridgehead atoms. The Balaban J connectivity index is 1.59. The van der Waals surface area contributed by atoms with Gasteiger partial charge < -0.3 is 14.2 Å². The molecule has 1 fully saturated rings. The van der Waals surface area contributed by atoms with E-state index in [1.54, 1.807) is 11.3 Å². The smallest absolute Gasteiger partial charge is 0.323 e. The molecule has 1 saturated heterocycles. The molecule has 0 N–H and O–H groups in total. The van der Waals surface area contributed by atoms with Crippen LogP contribution in [0.15, 0.2) is 29.0 Å². The summed E-state index contributed by atoms with van der Waals surface area (Å²) in [6, 6.07) is 4.64. The average Bonchev–Trinajstić information content (AvgIpc) is 3.23. The number of fused-ring (bicyclic) bond motifs is 1. The molecule has 0 radical (unpaired) electrons. The number of rotatable bonds is 5. The topological polar surface area (TPSA) is 48.0 Å². The summed E-state index contributed by atoms with van der Waals surface area (Å²) in [4.78, 5) is 14.5. The van der Waals surface area contributed by atoms with Crippen molar-refractivity contribution in [2.24, 2.45) is 0 Å². The molecule has 0 aliphatic carbocycles. The van der Waals surface area contributed by atoms with E-state index in [0.717, 1.165) is 36.9 Å². The number of hydrogen-bond acceptors (Lipinski definition) is 6. The molecule has 0 spiro atoms. The van der Waals surface area contributed by atoms with Gasteiger partial charge in [0, 0.05) is 28.6 Å². The quantitative estimate of drug-likeness (QED) is 0.690. The predicted molar refractivity (Wildman–Crippen MR) is 104 cm³/mol. The highest BCUT2D eigenvalue weighted by molar-refractivity contribution is 7.07. The molecule has 0 saturated carbocycles. The number of carbonyl (C=O) groups excluding carboxylic acids is 1. The molecule has 2 aromatic rings. The van der Waals surface area contributed by atoms with Crippen LogP contribution in [0.5, 0.6) is 5.75 Å². The third-order valence-electron chi connectivity index (χ3n) is 5.18. The molecule has 3 heterocycles. The molecule has 150 valence electrons. The van der Waals surface area contributed by atoms with Gasteiger partial charge in [-0.25, -0.2) is 4.39 Å². The lowest BCUT2D eigenvalue weighted by Crippen LogP contribution is -2.45. The van der Waals surface area contributed by atoms with Crippen LogP contribution >= 0.6 is 11.3 Å². The molecule has 0 unspecified atom stereocenters. The maximum absolute atomic E-state index is 14.2. The van der Waals surface area contributed by atoms with Crippen LogP contribution < -0.4 is 4.74 Å². The summed E-state index contributed by atoms with van der Waals surface area (Å²) < 4.78 is 31.4. The van der Waals surface area contributed by atoms with E-state index in [9.17, 15) is 9.18 Å². The monoisotopic (exact) mass is 405 g/mol. The predicted octanol–water partition coefficient (Wildman–Crippen LogP) is 4.41. The normalized spacial score (nSPS) is 22.4. The van der Waals surface area contributed by atoms with Gasteiger partial charge in [0.05, 0.1) is 13.2 Å². The van der Waals surface area contributed by atoms with Crippen LogP contribution in [0.4, 0.5) is 4.39 Å². The lowest BCUT2D eigenvalue weighted by molar-refractivity contribution is -0.151. The maximum atomic E-state index is 14.2. The van der Waals surface area contributed by atoms with Crippen LogP contribution in [0.1, 0.15) is 49.2 Å². The maximum Gasteiger partial charge on any atom is 0.323 e. The highest BCUT2D eigenvalue weighted by atomic mass is 32.1. The summed E-state index contributed by atoms with van der Waals surface area (Å²) in [5.74, 6) is 0.143. The van der Waals surface area contributed by atoms with Gasteiger partial charge in [0.25, 0.3) is 0 Å². The third kappa shape index (κ3) is 4.06. The summed E-state index contributed by atoms with van der Waals surface area (Å²) in [5, 5.41) is 3.96. The van der Waals surface area contributed by atoms with E-state index in [-0.39, 0.29) is 17.8 Å². The number of carbonyl (C=O) groups is 1. The fraction of sp³-hybridized carbons (Fsp3) is 0.476. The number of hydrogen-bond donors (Lipinski definition) is 0. The van der Waals surface area contributed by atoms with E-state index in [4.69, 9.17) is 14.2 Å². The van der Waals surface area contributed by atoms with Crippen molar-refractivity contribution in [3.05, 3.63) is 51.5 Å². The fourth-order valence-electron chi connectivity index (χ4n) is 3.87. The first-order valence-electron chi connectivity index (χ1n) is 9.68. The standard InChI is InChI=1S/C21H24FNO4S/c1-2-25-20(24)18-5-3-4-7-23(18)11-15-9-17(22)10-16-12-26-21(27-19(15)16)14-6-8-28-13-14/h6,8-10,13,18,21H,2-5,7,11-12H2,1H3/t18-,21+/m1/s1. The van der Waals surface area contributed by atoms with E-state index >= 15 is 0 Å². The molecule has 2 aliphatic heterocycles. The summed E-state index contributed by atoms with van der Waals surface area (Å²) >= 11 is 1.58. The van der Waals surface area contributed by atoms with Crippen molar-refractivity contribution in [1.82, 2.24) is 4.90 Å². The molecule has 28 heavy (non-hydrogen) atoms. The molecule has 0 amide bonds. The Morgan fingerprint density at radius 2 is 2.29 bits per heavy atom. The molecule has 2 aliphatic rings. The Morgan fingerprint density at radius 3 is 3.07 bits per heavy atom. The van der Waals surface area contributed by atoms with E-state index < -0.39 is 6.29 Å². The lowest BCUT2D eigenvalue weighted by atomic mass is 10.00. The first-order chi connectivity index (χ1) is 13.7. The minimum atomic E-state index is -0.495.